The number of nitrogens with zero attached hydrogens (tertiary/aromatic N) is 3. The van der Waals surface area contributed by atoms with Gasteiger partial charge in [-0.1, -0.05) is 6.92 Å². The van der Waals surface area contributed by atoms with Crippen molar-refractivity contribution in [1.82, 2.24) is 14.7 Å². The van der Waals surface area contributed by atoms with Crippen molar-refractivity contribution < 1.29 is 14.7 Å². The highest BCUT2D eigenvalue weighted by Crippen LogP contribution is 2.17. The Morgan fingerprint density at radius 1 is 1.55 bits per heavy atom. The van der Waals surface area contributed by atoms with Gasteiger partial charge in [-0.3, -0.25) is 14.5 Å². The molecule has 1 saturated heterocycles. The van der Waals surface area contributed by atoms with Crippen molar-refractivity contribution in [2.75, 3.05) is 18.4 Å². The van der Waals surface area contributed by atoms with Crippen molar-refractivity contribution in [3.05, 3.63) is 12.3 Å². The molecule has 0 bridgehead atoms. The van der Waals surface area contributed by atoms with E-state index in [1.807, 2.05) is 6.92 Å². The summed E-state index contributed by atoms with van der Waals surface area (Å²) in [5.74, 6) is -0.398. The van der Waals surface area contributed by atoms with Crippen LogP contribution in [-0.4, -0.2) is 50.8 Å². The van der Waals surface area contributed by atoms with Crippen LogP contribution in [0.25, 0.3) is 0 Å². The van der Waals surface area contributed by atoms with E-state index < -0.39 is 12.0 Å². The highest BCUT2D eigenvalue weighted by atomic mass is 16.4. The summed E-state index contributed by atoms with van der Waals surface area (Å²) in [5.41, 5.74) is 0. The van der Waals surface area contributed by atoms with E-state index in [1.54, 1.807) is 21.8 Å². The van der Waals surface area contributed by atoms with Gasteiger partial charge in [0.05, 0.1) is 12.7 Å². The fourth-order valence-corrected chi connectivity index (χ4v) is 2.49. The Labute approximate surface area is 117 Å². The Kier molecular flexibility index (Phi) is 4.73. The summed E-state index contributed by atoms with van der Waals surface area (Å²) in [5, 5.41) is 16.0. The SMILES string of the molecule is CCCn1nccc1NC(=O)CN1CCC[C@H]1C(=O)O. The maximum absolute atomic E-state index is 12.0. The first kappa shape index (κ1) is 14.5. The molecular weight excluding hydrogens is 260 g/mol. The number of rotatable bonds is 6. The summed E-state index contributed by atoms with van der Waals surface area (Å²) in [6.07, 6.45) is 3.99. The largest absolute Gasteiger partial charge is 0.480 e. The Morgan fingerprint density at radius 3 is 3.05 bits per heavy atom. The quantitative estimate of drug-likeness (QED) is 0.804. The van der Waals surface area contributed by atoms with Crippen LogP contribution in [0.1, 0.15) is 26.2 Å². The van der Waals surface area contributed by atoms with E-state index in [-0.39, 0.29) is 12.5 Å². The normalized spacial score (nSPS) is 19.1. The maximum Gasteiger partial charge on any atom is 0.320 e. The Bertz CT molecular complexity index is 486. The van der Waals surface area contributed by atoms with E-state index in [1.165, 1.54) is 0 Å². The predicted molar refractivity (Wildman–Crippen MR) is 73.4 cm³/mol. The molecule has 0 aliphatic carbocycles. The number of nitrogens with one attached hydrogen (secondary N) is 1. The zero-order valence-electron chi connectivity index (χ0n) is 11.6. The summed E-state index contributed by atoms with van der Waals surface area (Å²) in [4.78, 5) is 24.8. The van der Waals surface area contributed by atoms with Crippen LogP contribution in [0.15, 0.2) is 12.3 Å². The van der Waals surface area contributed by atoms with Gasteiger partial charge in [0.15, 0.2) is 0 Å². The predicted octanol–water partition coefficient (Wildman–Crippen LogP) is 0.781. The Balaban J connectivity index is 1.92. The summed E-state index contributed by atoms with van der Waals surface area (Å²) < 4.78 is 1.73. The average Bonchev–Trinajstić information content (AvgIpc) is 3.00. The number of aliphatic carboxylic acids is 1. The smallest absolute Gasteiger partial charge is 0.320 e. The highest BCUT2D eigenvalue weighted by Gasteiger charge is 2.31. The standard InChI is InChI=1S/C13H20N4O3/c1-2-7-17-11(5-6-14-17)15-12(18)9-16-8-3-4-10(16)13(19)20/h5-6,10H,2-4,7-9H2,1H3,(H,15,18)(H,19,20)/t10-/m0/s1. The number of carboxylic acid groups (broad SMARTS) is 1. The van der Waals surface area contributed by atoms with Gasteiger partial charge in [0.2, 0.25) is 5.91 Å². The van der Waals surface area contributed by atoms with Gasteiger partial charge in [-0.15, -0.1) is 0 Å². The number of hydrogen-bond donors (Lipinski definition) is 2. The minimum Gasteiger partial charge on any atom is -0.480 e. The van der Waals surface area contributed by atoms with Crippen LogP contribution in [0.3, 0.4) is 0 Å². The van der Waals surface area contributed by atoms with Crippen molar-refractivity contribution in [2.24, 2.45) is 0 Å². The van der Waals surface area contributed by atoms with Crippen LogP contribution in [0.4, 0.5) is 5.82 Å². The molecule has 1 atom stereocenters. The second kappa shape index (κ2) is 6.51. The molecule has 110 valence electrons. The van der Waals surface area contributed by atoms with E-state index in [9.17, 15) is 9.59 Å². The van der Waals surface area contributed by atoms with Crippen molar-refractivity contribution in [2.45, 2.75) is 38.8 Å². The van der Waals surface area contributed by atoms with Crippen molar-refractivity contribution in [3.8, 4) is 0 Å². The summed E-state index contributed by atoms with van der Waals surface area (Å²) in [6, 6.07) is 1.20. The molecule has 0 aromatic carbocycles. The lowest BCUT2D eigenvalue weighted by atomic mass is 10.2. The van der Waals surface area contributed by atoms with Gasteiger partial charge in [0.1, 0.15) is 11.9 Å². The number of carbonyl (C=O) groups is 2. The molecule has 1 aliphatic rings. The second-order valence-electron chi connectivity index (χ2n) is 4.95. The van der Waals surface area contributed by atoms with Crippen molar-refractivity contribution >= 4 is 17.7 Å². The third-order valence-corrected chi connectivity index (χ3v) is 3.41. The summed E-state index contributed by atoms with van der Waals surface area (Å²) in [7, 11) is 0. The molecule has 7 heteroatoms. The van der Waals surface area contributed by atoms with Gasteiger partial charge in [-0.25, -0.2) is 4.68 Å². The van der Waals surface area contributed by atoms with Gasteiger partial charge in [-0.2, -0.15) is 5.10 Å². The minimum absolute atomic E-state index is 0.105. The zero-order chi connectivity index (χ0) is 14.5. The van der Waals surface area contributed by atoms with Crippen LogP contribution in [-0.2, 0) is 16.1 Å². The van der Waals surface area contributed by atoms with E-state index in [4.69, 9.17) is 5.11 Å². The lowest BCUT2D eigenvalue weighted by Crippen LogP contribution is -2.41. The molecular formula is C13H20N4O3. The molecule has 2 heterocycles. The van der Waals surface area contributed by atoms with Gasteiger partial charge in [0.25, 0.3) is 0 Å². The van der Waals surface area contributed by atoms with Crippen LogP contribution < -0.4 is 5.32 Å². The molecule has 1 amide bonds. The number of carboxylic acids is 1. The molecule has 2 N–H and O–H groups in total. The monoisotopic (exact) mass is 280 g/mol. The van der Waals surface area contributed by atoms with E-state index in [0.717, 1.165) is 19.4 Å². The fourth-order valence-electron chi connectivity index (χ4n) is 2.49. The molecule has 1 aromatic rings. The minimum atomic E-state index is -0.855. The number of hydrogen-bond acceptors (Lipinski definition) is 4. The summed E-state index contributed by atoms with van der Waals surface area (Å²) >= 11 is 0. The number of anilines is 1. The lowest BCUT2D eigenvalue weighted by Gasteiger charge is -2.20. The molecule has 1 aliphatic heterocycles. The topological polar surface area (TPSA) is 87.5 Å². The summed E-state index contributed by atoms with van der Waals surface area (Å²) in [6.45, 7) is 3.53. The first-order valence-corrected chi connectivity index (χ1v) is 6.90. The molecule has 2 rings (SSSR count). The Hall–Kier alpha value is -1.89. The Morgan fingerprint density at radius 2 is 2.35 bits per heavy atom. The molecule has 0 unspecified atom stereocenters. The lowest BCUT2D eigenvalue weighted by molar-refractivity contribution is -0.142. The first-order chi connectivity index (χ1) is 9.61. The third kappa shape index (κ3) is 3.36. The number of aromatic nitrogens is 2. The molecule has 0 spiro atoms. The van der Waals surface area contributed by atoms with Gasteiger partial charge < -0.3 is 10.4 Å². The van der Waals surface area contributed by atoms with Crippen molar-refractivity contribution in [3.63, 3.8) is 0 Å². The molecule has 7 nitrogen and oxygen atoms in total. The van der Waals surface area contributed by atoms with Gasteiger partial charge in [-0.05, 0) is 25.8 Å². The van der Waals surface area contributed by atoms with Crippen molar-refractivity contribution in [1.29, 1.82) is 0 Å². The molecule has 20 heavy (non-hydrogen) atoms. The van der Waals surface area contributed by atoms with E-state index in [0.29, 0.717) is 18.8 Å². The zero-order valence-corrected chi connectivity index (χ0v) is 11.6. The maximum atomic E-state index is 12.0. The number of likely N-dealkylation sites (tertiary alicyclic amines) is 1. The number of carbonyl (C=O) groups excluding carboxylic acids is 1. The molecule has 0 radical (unpaired) electrons. The van der Waals surface area contributed by atoms with E-state index >= 15 is 0 Å². The van der Waals surface area contributed by atoms with Crippen LogP contribution >= 0.6 is 0 Å². The molecule has 1 aromatic heterocycles. The van der Waals surface area contributed by atoms with Crippen LogP contribution in [0, 0.1) is 0 Å². The number of amides is 1. The van der Waals surface area contributed by atoms with E-state index in [2.05, 4.69) is 10.4 Å². The number of aryl methyl sites for hydroxylation is 1. The van der Waals surface area contributed by atoms with Crippen LogP contribution in [0.2, 0.25) is 0 Å². The fraction of sp³-hybridized carbons (Fsp3) is 0.615. The highest BCUT2D eigenvalue weighted by molar-refractivity contribution is 5.91. The molecule has 1 fully saturated rings. The van der Waals surface area contributed by atoms with Gasteiger partial charge >= 0.3 is 5.97 Å². The second-order valence-corrected chi connectivity index (χ2v) is 4.95. The third-order valence-electron chi connectivity index (χ3n) is 3.41. The first-order valence-electron chi connectivity index (χ1n) is 6.90. The van der Waals surface area contributed by atoms with Crippen LogP contribution in [0.5, 0.6) is 0 Å². The molecule has 0 saturated carbocycles. The van der Waals surface area contributed by atoms with Gasteiger partial charge in [0, 0.05) is 12.6 Å². The average molecular weight is 280 g/mol.